The van der Waals surface area contributed by atoms with E-state index in [0.29, 0.717) is 0 Å². The van der Waals surface area contributed by atoms with Gasteiger partial charge in [0.25, 0.3) is 0 Å². The first kappa shape index (κ1) is 15.1. The molecule has 0 aliphatic heterocycles. The summed E-state index contributed by atoms with van der Waals surface area (Å²) in [5.41, 5.74) is 1.06. The standard InChI is InChI=1S/C12H19NO4S/c1-2-11-3-5-12(6-4-11)18(16,17)13(7-9-14)8-10-15/h3-6,14-15H,2,7-10H2,1H3. The van der Waals surface area contributed by atoms with Crippen LogP contribution in [0.25, 0.3) is 0 Å². The molecule has 0 spiro atoms. The summed E-state index contributed by atoms with van der Waals surface area (Å²) in [5, 5.41) is 17.7. The zero-order valence-corrected chi connectivity index (χ0v) is 11.2. The summed E-state index contributed by atoms with van der Waals surface area (Å²) >= 11 is 0. The van der Waals surface area contributed by atoms with Crippen molar-refractivity contribution in [3.63, 3.8) is 0 Å². The molecule has 0 saturated heterocycles. The molecule has 1 rings (SSSR count). The Labute approximate surface area is 108 Å². The van der Waals surface area contributed by atoms with Gasteiger partial charge in [-0.3, -0.25) is 0 Å². The second kappa shape index (κ2) is 6.84. The van der Waals surface area contributed by atoms with Crippen LogP contribution in [0.1, 0.15) is 12.5 Å². The monoisotopic (exact) mass is 273 g/mol. The van der Waals surface area contributed by atoms with Crippen molar-refractivity contribution < 1.29 is 18.6 Å². The third-order valence-electron chi connectivity index (χ3n) is 2.67. The van der Waals surface area contributed by atoms with Crippen molar-refractivity contribution in [2.24, 2.45) is 0 Å². The first-order valence-corrected chi connectivity index (χ1v) is 7.31. The number of sulfonamides is 1. The van der Waals surface area contributed by atoms with Gasteiger partial charge in [-0.2, -0.15) is 4.31 Å². The molecule has 18 heavy (non-hydrogen) atoms. The van der Waals surface area contributed by atoms with Gasteiger partial charge in [-0.05, 0) is 24.1 Å². The van der Waals surface area contributed by atoms with Crippen molar-refractivity contribution >= 4 is 10.0 Å². The van der Waals surface area contributed by atoms with Gasteiger partial charge >= 0.3 is 0 Å². The second-order valence-corrected chi connectivity index (χ2v) is 5.79. The van der Waals surface area contributed by atoms with Gasteiger partial charge in [0.2, 0.25) is 10.0 Å². The zero-order valence-electron chi connectivity index (χ0n) is 10.4. The lowest BCUT2D eigenvalue weighted by molar-refractivity contribution is 0.217. The smallest absolute Gasteiger partial charge is 0.243 e. The molecule has 5 nitrogen and oxygen atoms in total. The highest BCUT2D eigenvalue weighted by Gasteiger charge is 2.23. The van der Waals surface area contributed by atoms with Crippen molar-refractivity contribution in [1.82, 2.24) is 4.31 Å². The van der Waals surface area contributed by atoms with Crippen LogP contribution in [0, 0.1) is 0 Å². The molecule has 2 N–H and O–H groups in total. The summed E-state index contributed by atoms with van der Waals surface area (Å²) in [6.45, 7) is 1.42. The Balaban J connectivity index is 3.01. The molecular formula is C12H19NO4S. The molecule has 102 valence electrons. The largest absolute Gasteiger partial charge is 0.395 e. The van der Waals surface area contributed by atoms with Crippen LogP contribution < -0.4 is 0 Å². The van der Waals surface area contributed by atoms with Crippen molar-refractivity contribution in [3.8, 4) is 0 Å². The van der Waals surface area contributed by atoms with Gasteiger partial charge in [-0.1, -0.05) is 19.1 Å². The fourth-order valence-corrected chi connectivity index (χ4v) is 3.04. The van der Waals surface area contributed by atoms with Crippen LogP contribution in [0.5, 0.6) is 0 Å². The Kier molecular flexibility index (Phi) is 5.74. The predicted molar refractivity (Wildman–Crippen MR) is 68.8 cm³/mol. The van der Waals surface area contributed by atoms with E-state index in [0.717, 1.165) is 16.3 Å². The van der Waals surface area contributed by atoms with E-state index in [-0.39, 0.29) is 31.2 Å². The molecule has 0 aromatic heterocycles. The third-order valence-corrected chi connectivity index (χ3v) is 4.58. The Hall–Kier alpha value is -0.950. The molecule has 1 aromatic rings. The molecule has 0 amide bonds. The molecule has 0 saturated carbocycles. The van der Waals surface area contributed by atoms with Crippen molar-refractivity contribution in [1.29, 1.82) is 0 Å². The SMILES string of the molecule is CCc1ccc(S(=O)(=O)N(CCO)CCO)cc1. The molecule has 0 bridgehead atoms. The van der Waals surface area contributed by atoms with E-state index in [2.05, 4.69) is 0 Å². The van der Waals surface area contributed by atoms with Gasteiger partial charge in [0, 0.05) is 13.1 Å². The van der Waals surface area contributed by atoms with Crippen LogP contribution in [-0.4, -0.2) is 49.2 Å². The second-order valence-electron chi connectivity index (χ2n) is 3.85. The average molecular weight is 273 g/mol. The number of hydrogen-bond donors (Lipinski definition) is 2. The van der Waals surface area contributed by atoms with Crippen LogP contribution >= 0.6 is 0 Å². The van der Waals surface area contributed by atoms with Gasteiger partial charge in [0.1, 0.15) is 0 Å². The van der Waals surface area contributed by atoms with E-state index >= 15 is 0 Å². The molecule has 0 atom stereocenters. The Morgan fingerprint density at radius 1 is 1.06 bits per heavy atom. The maximum absolute atomic E-state index is 12.2. The lowest BCUT2D eigenvalue weighted by Gasteiger charge is -2.20. The molecule has 0 aliphatic rings. The molecule has 1 aromatic carbocycles. The fourth-order valence-electron chi connectivity index (χ4n) is 1.62. The number of aliphatic hydroxyl groups is 2. The Bertz CT molecular complexity index is 449. The fraction of sp³-hybridized carbons (Fsp3) is 0.500. The van der Waals surface area contributed by atoms with E-state index < -0.39 is 10.0 Å². The van der Waals surface area contributed by atoms with Crippen LogP contribution in [0.3, 0.4) is 0 Å². The van der Waals surface area contributed by atoms with E-state index in [4.69, 9.17) is 10.2 Å². The quantitative estimate of drug-likeness (QED) is 0.745. The highest BCUT2D eigenvalue weighted by atomic mass is 32.2. The highest BCUT2D eigenvalue weighted by molar-refractivity contribution is 7.89. The molecule has 0 radical (unpaired) electrons. The van der Waals surface area contributed by atoms with Gasteiger partial charge in [-0.25, -0.2) is 8.42 Å². The van der Waals surface area contributed by atoms with Gasteiger partial charge in [0.05, 0.1) is 18.1 Å². The maximum atomic E-state index is 12.2. The van der Waals surface area contributed by atoms with Gasteiger partial charge in [0.15, 0.2) is 0 Å². The van der Waals surface area contributed by atoms with Crippen molar-refractivity contribution in [3.05, 3.63) is 29.8 Å². The summed E-state index contributed by atoms with van der Waals surface area (Å²) in [5.74, 6) is 0. The van der Waals surface area contributed by atoms with E-state index in [1.807, 2.05) is 6.92 Å². The number of rotatable bonds is 7. The highest BCUT2D eigenvalue weighted by Crippen LogP contribution is 2.16. The minimum absolute atomic E-state index is 0.0155. The predicted octanol–water partition coefficient (Wildman–Crippen LogP) is 0.224. The number of benzene rings is 1. The summed E-state index contributed by atoms with van der Waals surface area (Å²) in [4.78, 5) is 0.182. The minimum atomic E-state index is -3.64. The van der Waals surface area contributed by atoms with E-state index in [1.54, 1.807) is 24.3 Å². The van der Waals surface area contributed by atoms with Crippen LogP contribution in [0.4, 0.5) is 0 Å². The van der Waals surface area contributed by atoms with E-state index in [9.17, 15) is 8.42 Å². The molecule has 6 heteroatoms. The normalized spacial score (nSPS) is 12.0. The number of aliphatic hydroxyl groups excluding tert-OH is 2. The topological polar surface area (TPSA) is 77.8 Å². The van der Waals surface area contributed by atoms with Crippen LogP contribution in [0.2, 0.25) is 0 Å². The maximum Gasteiger partial charge on any atom is 0.243 e. The molecule has 0 heterocycles. The van der Waals surface area contributed by atoms with Crippen molar-refractivity contribution in [2.75, 3.05) is 26.3 Å². The number of hydrogen-bond acceptors (Lipinski definition) is 4. The lowest BCUT2D eigenvalue weighted by Crippen LogP contribution is -2.35. The summed E-state index contributed by atoms with van der Waals surface area (Å²) < 4.78 is 25.5. The number of aryl methyl sites for hydroxylation is 1. The van der Waals surface area contributed by atoms with E-state index in [1.165, 1.54) is 0 Å². The first-order chi connectivity index (χ1) is 8.56. The third kappa shape index (κ3) is 3.52. The molecule has 0 fully saturated rings. The lowest BCUT2D eigenvalue weighted by atomic mass is 10.2. The Morgan fingerprint density at radius 3 is 1.94 bits per heavy atom. The molecule has 0 aliphatic carbocycles. The minimum Gasteiger partial charge on any atom is -0.395 e. The first-order valence-electron chi connectivity index (χ1n) is 5.87. The van der Waals surface area contributed by atoms with Gasteiger partial charge in [-0.15, -0.1) is 0 Å². The summed E-state index contributed by atoms with van der Waals surface area (Å²) in [7, 11) is -3.64. The Morgan fingerprint density at radius 2 is 1.56 bits per heavy atom. The van der Waals surface area contributed by atoms with Crippen LogP contribution in [-0.2, 0) is 16.4 Å². The summed E-state index contributed by atoms with van der Waals surface area (Å²) in [6.07, 6.45) is 0.845. The van der Waals surface area contributed by atoms with Crippen LogP contribution in [0.15, 0.2) is 29.2 Å². The molecule has 0 unspecified atom stereocenters. The average Bonchev–Trinajstić information content (AvgIpc) is 2.38. The number of nitrogens with zero attached hydrogens (tertiary/aromatic N) is 1. The molecular weight excluding hydrogens is 254 g/mol. The van der Waals surface area contributed by atoms with Gasteiger partial charge < -0.3 is 10.2 Å². The summed E-state index contributed by atoms with van der Waals surface area (Å²) in [6, 6.07) is 6.64. The zero-order chi connectivity index (χ0) is 13.6. The van der Waals surface area contributed by atoms with Crippen molar-refractivity contribution in [2.45, 2.75) is 18.2 Å².